The van der Waals surface area contributed by atoms with E-state index in [1.807, 2.05) is 0 Å². The monoisotopic (exact) mass is 799 g/mol. The van der Waals surface area contributed by atoms with Crippen molar-refractivity contribution < 1.29 is 28.4 Å². The molecule has 326 valence electrons. The molecule has 0 aromatic heterocycles. The maximum absolute atomic E-state index is 12.8. The van der Waals surface area contributed by atoms with E-state index in [0.717, 1.165) is 51.4 Å². The number of carbonyl (C=O) groups excluding carboxylic acids is 1. The predicted molar refractivity (Wildman–Crippen MR) is 235 cm³/mol. The summed E-state index contributed by atoms with van der Waals surface area (Å²) in [6.45, 7) is 4.20. The van der Waals surface area contributed by atoms with Crippen LogP contribution >= 0.6 is 7.82 Å². The molecule has 0 aliphatic rings. The quantitative estimate of drug-likeness (QED) is 0.0274. The van der Waals surface area contributed by atoms with E-state index >= 15 is 0 Å². The smallest absolute Gasteiger partial charge is 0.391 e. The van der Waals surface area contributed by atoms with Crippen molar-refractivity contribution in [1.82, 2.24) is 5.32 Å². The standard InChI is InChI=1S/C46H91N2O6P/c1-3-5-7-9-11-13-15-17-19-21-22-24-25-27-29-31-33-35-37-39-45(49)44(43-54-55(51,52)53-42-41-47)48-46(50)40-38-36-34-32-30-28-26-23-20-18-16-14-12-10-8-6-4-2/h12,14,18,20,44-45,49H,3-11,13,15-17,19,21-43,47H2,1-2H3,(H,48,50)(H,51,52)/b14-12-,20-18-. The number of amides is 1. The number of unbranched alkanes of at least 4 members (excludes halogenated alkanes) is 28. The van der Waals surface area contributed by atoms with Crippen LogP contribution in [-0.2, 0) is 18.4 Å². The number of phosphoric ester groups is 1. The minimum atomic E-state index is -4.32. The molecule has 0 rings (SSSR count). The normalized spacial score (nSPS) is 14.2. The van der Waals surface area contributed by atoms with Crippen molar-refractivity contribution in [1.29, 1.82) is 0 Å². The van der Waals surface area contributed by atoms with Crippen LogP contribution in [0.15, 0.2) is 24.3 Å². The number of hydrogen-bond acceptors (Lipinski definition) is 6. The molecular formula is C46H91N2O6P. The molecule has 9 heteroatoms. The summed E-state index contributed by atoms with van der Waals surface area (Å²) in [4.78, 5) is 22.8. The van der Waals surface area contributed by atoms with Gasteiger partial charge in [-0.2, -0.15) is 0 Å². The zero-order valence-corrected chi connectivity index (χ0v) is 37.1. The van der Waals surface area contributed by atoms with Gasteiger partial charge in [0.25, 0.3) is 0 Å². The Morgan fingerprint density at radius 1 is 0.600 bits per heavy atom. The molecule has 55 heavy (non-hydrogen) atoms. The number of hydrogen-bond donors (Lipinski definition) is 4. The van der Waals surface area contributed by atoms with E-state index in [0.29, 0.717) is 12.8 Å². The molecule has 0 radical (unpaired) electrons. The molecule has 0 saturated carbocycles. The molecule has 0 aliphatic carbocycles. The number of allylic oxidation sites excluding steroid dienone is 4. The van der Waals surface area contributed by atoms with Crippen LogP contribution in [0.1, 0.15) is 232 Å². The van der Waals surface area contributed by atoms with Crippen LogP contribution in [0, 0.1) is 0 Å². The van der Waals surface area contributed by atoms with Crippen molar-refractivity contribution in [3.8, 4) is 0 Å². The molecule has 1 amide bonds. The van der Waals surface area contributed by atoms with Gasteiger partial charge in [-0.05, 0) is 44.9 Å². The predicted octanol–water partition coefficient (Wildman–Crippen LogP) is 13.3. The van der Waals surface area contributed by atoms with Gasteiger partial charge in [-0.1, -0.05) is 205 Å². The summed E-state index contributed by atoms with van der Waals surface area (Å²) in [5.41, 5.74) is 5.39. The minimum absolute atomic E-state index is 0.0881. The molecule has 0 aromatic rings. The Bertz CT molecular complexity index is 917. The first-order valence-electron chi connectivity index (χ1n) is 23.5. The van der Waals surface area contributed by atoms with Gasteiger partial charge in [0.2, 0.25) is 5.91 Å². The van der Waals surface area contributed by atoms with Gasteiger partial charge in [0.05, 0.1) is 25.4 Å². The summed E-state index contributed by atoms with van der Waals surface area (Å²) in [6, 6.07) is -0.777. The van der Waals surface area contributed by atoms with Gasteiger partial charge >= 0.3 is 7.82 Å². The van der Waals surface area contributed by atoms with Gasteiger partial charge in [-0.25, -0.2) is 4.57 Å². The number of carbonyl (C=O) groups is 1. The Morgan fingerprint density at radius 2 is 1.00 bits per heavy atom. The highest BCUT2D eigenvalue weighted by Gasteiger charge is 2.27. The van der Waals surface area contributed by atoms with Crippen molar-refractivity contribution >= 4 is 13.7 Å². The molecule has 3 unspecified atom stereocenters. The van der Waals surface area contributed by atoms with Gasteiger partial charge in [0.15, 0.2) is 0 Å². The summed E-state index contributed by atoms with van der Waals surface area (Å²) in [7, 11) is -4.32. The molecule has 0 saturated heterocycles. The third kappa shape index (κ3) is 41.0. The Labute approximate surface area is 340 Å². The van der Waals surface area contributed by atoms with E-state index in [2.05, 4.69) is 43.5 Å². The topological polar surface area (TPSA) is 131 Å². The lowest BCUT2D eigenvalue weighted by Gasteiger charge is -2.25. The van der Waals surface area contributed by atoms with Crippen LogP contribution in [0.4, 0.5) is 0 Å². The third-order valence-electron chi connectivity index (χ3n) is 10.6. The summed E-state index contributed by atoms with van der Waals surface area (Å²) in [5.74, 6) is -0.168. The fourth-order valence-corrected chi connectivity index (χ4v) is 7.75. The first-order valence-corrected chi connectivity index (χ1v) is 24.9. The summed E-state index contributed by atoms with van der Waals surface area (Å²) < 4.78 is 22.2. The number of phosphoric acid groups is 1. The highest BCUT2D eigenvalue weighted by molar-refractivity contribution is 7.47. The van der Waals surface area contributed by atoms with Crippen molar-refractivity contribution in [3.05, 3.63) is 24.3 Å². The Balaban J connectivity index is 4.11. The Morgan fingerprint density at radius 3 is 1.47 bits per heavy atom. The van der Waals surface area contributed by atoms with E-state index < -0.39 is 20.0 Å². The zero-order valence-electron chi connectivity index (χ0n) is 36.2. The number of nitrogens with one attached hydrogen (secondary N) is 1. The van der Waals surface area contributed by atoms with Crippen molar-refractivity contribution in [2.24, 2.45) is 5.73 Å². The van der Waals surface area contributed by atoms with Gasteiger partial charge in [-0.15, -0.1) is 0 Å². The Hall–Kier alpha value is -1.02. The maximum atomic E-state index is 12.8. The van der Waals surface area contributed by atoms with Crippen LogP contribution < -0.4 is 11.1 Å². The molecular weight excluding hydrogens is 707 g/mol. The maximum Gasteiger partial charge on any atom is 0.472 e. The number of aliphatic hydroxyl groups excluding tert-OH is 1. The molecule has 0 fully saturated rings. The number of aliphatic hydroxyl groups is 1. The Kier molecular flexibility index (Phi) is 41.8. The van der Waals surface area contributed by atoms with E-state index in [-0.39, 0.29) is 25.7 Å². The zero-order chi connectivity index (χ0) is 40.3. The molecule has 8 nitrogen and oxygen atoms in total. The summed E-state index contributed by atoms with van der Waals surface area (Å²) >= 11 is 0. The van der Waals surface area contributed by atoms with Gasteiger partial charge < -0.3 is 21.1 Å². The average Bonchev–Trinajstić information content (AvgIpc) is 3.17. The number of rotatable bonds is 44. The van der Waals surface area contributed by atoms with Crippen LogP contribution in [0.2, 0.25) is 0 Å². The SMILES string of the molecule is CCCCC/C=C\C/C=C\CCCCCCCCCC(=O)NC(COP(=O)(O)OCCN)C(O)CCCCCCCCCCCCCCCCCCCCC. The third-order valence-corrected chi connectivity index (χ3v) is 11.5. The van der Waals surface area contributed by atoms with Crippen molar-refractivity contribution in [3.63, 3.8) is 0 Å². The fraction of sp³-hybridized carbons (Fsp3) is 0.891. The van der Waals surface area contributed by atoms with Crippen LogP contribution in [0.3, 0.4) is 0 Å². The molecule has 0 spiro atoms. The fourth-order valence-electron chi connectivity index (χ4n) is 6.99. The van der Waals surface area contributed by atoms with E-state index in [1.54, 1.807) is 0 Å². The second-order valence-corrected chi connectivity index (χ2v) is 17.4. The second-order valence-electron chi connectivity index (χ2n) is 16.0. The summed E-state index contributed by atoms with van der Waals surface area (Å²) in [5, 5.41) is 13.8. The molecule has 0 bridgehead atoms. The van der Waals surface area contributed by atoms with Crippen LogP contribution in [-0.4, -0.2) is 47.8 Å². The largest absolute Gasteiger partial charge is 0.472 e. The molecule has 5 N–H and O–H groups in total. The van der Waals surface area contributed by atoms with Crippen LogP contribution in [0.5, 0.6) is 0 Å². The van der Waals surface area contributed by atoms with E-state index in [1.165, 1.54) is 154 Å². The van der Waals surface area contributed by atoms with Gasteiger partial charge in [0, 0.05) is 13.0 Å². The molecule has 0 aromatic carbocycles. The number of nitrogens with two attached hydrogens (primary N) is 1. The molecule has 3 atom stereocenters. The second kappa shape index (κ2) is 42.6. The van der Waals surface area contributed by atoms with Gasteiger partial charge in [0.1, 0.15) is 0 Å². The highest BCUT2D eigenvalue weighted by atomic mass is 31.2. The van der Waals surface area contributed by atoms with E-state index in [4.69, 9.17) is 14.8 Å². The minimum Gasteiger partial charge on any atom is -0.391 e. The van der Waals surface area contributed by atoms with Crippen LogP contribution in [0.25, 0.3) is 0 Å². The van der Waals surface area contributed by atoms with Crippen molar-refractivity contribution in [2.75, 3.05) is 19.8 Å². The van der Waals surface area contributed by atoms with E-state index in [9.17, 15) is 19.4 Å². The first kappa shape index (κ1) is 54.0. The highest BCUT2D eigenvalue weighted by Crippen LogP contribution is 2.43. The lowest BCUT2D eigenvalue weighted by molar-refractivity contribution is -0.123. The molecule has 0 aliphatic heterocycles. The molecule has 0 heterocycles. The van der Waals surface area contributed by atoms with Crippen molar-refractivity contribution in [2.45, 2.75) is 244 Å². The average molecular weight is 799 g/mol. The lowest BCUT2D eigenvalue weighted by atomic mass is 10.0. The van der Waals surface area contributed by atoms with Gasteiger partial charge in [-0.3, -0.25) is 13.8 Å². The summed E-state index contributed by atoms with van der Waals surface area (Å²) in [6.07, 6.45) is 49.0. The first-order chi connectivity index (χ1) is 26.9. The lowest BCUT2D eigenvalue weighted by Crippen LogP contribution is -2.46.